The van der Waals surface area contributed by atoms with Crippen LogP contribution >= 0.6 is 0 Å². The Balaban J connectivity index is 1.30. The average Bonchev–Trinajstić information content (AvgIpc) is 3.13. The summed E-state index contributed by atoms with van der Waals surface area (Å²) in [6.07, 6.45) is 7.92. The third-order valence-electron chi connectivity index (χ3n) is 8.65. The highest BCUT2D eigenvalue weighted by molar-refractivity contribution is 5.40. The van der Waals surface area contributed by atoms with E-state index in [2.05, 4.69) is 54.7 Å². The standard InChI is InChI=1S/C27H35NO2/c1-27-15-14-23-22-11-9-21(30-3)16-19(22)6-10-24(23)25(27)12-13-26(27)28-17-18-4-7-20(29-2)8-5-18/h4-5,7-9,11,16,23-26,28H,6,10,12-15,17H2,1-3H3/t23?,24?,25?,26-,27+/m1/s1. The summed E-state index contributed by atoms with van der Waals surface area (Å²) in [5.41, 5.74) is 4.92. The van der Waals surface area contributed by atoms with Crippen LogP contribution in [0.2, 0.25) is 0 Å². The third-order valence-corrected chi connectivity index (χ3v) is 8.65. The highest BCUT2D eigenvalue weighted by atomic mass is 16.5. The maximum absolute atomic E-state index is 5.48. The summed E-state index contributed by atoms with van der Waals surface area (Å²) >= 11 is 0. The Morgan fingerprint density at radius 2 is 1.70 bits per heavy atom. The predicted octanol–water partition coefficient (Wildman–Crippen LogP) is 5.72. The molecule has 5 rings (SSSR count). The molecule has 0 radical (unpaired) electrons. The number of fused-ring (bicyclic) bond motifs is 5. The van der Waals surface area contributed by atoms with Crippen LogP contribution in [-0.2, 0) is 13.0 Å². The van der Waals surface area contributed by atoms with Crippen molar-refractivity contribution in [3.63, 3.8) is 0 Å². The van der Waals surface area contributed by atoms with Crippen LogP contribution in [-0.4, -0.2) is 20.3 Å². The summed E-state index contributed by atoms with van der Waals surface area (Å²) in [5, 5.41) is 3.95. The number of methoxy groups -OCH3 is 2. The van der Waals surface area contributed by atoms with E-state index in [9.17, 15) is 0 Å². The molecule has 0 bridgehead atoms. The van der Waals surface area contributed by atoms with Crippen molar-refractivity contribution in [3.05, 3.63) is 59.2 Å². The third kappa shape index (κ3) is 3.32. The zero-order chi connectivity index (χ0) is 20.7. The number of nitrogens with one attached hydrogen (secondary N) is 1. The molecule has 0 amide bonds. The van der Waals surface area contributed by atoms with E-state index in [1.807, 2.05) is 0 Å². The van der Waals surface area contributed by atoms with Gasteiger partial charge in [-0.25, -0.2) is 0 Å². The van der Waals surface area contributed by atoms with E-state index in [1.54, 1.807) is 19.8 Å². The molecule has 3 aliphatic carbocycles. The van der Waals surface area contributed by atoms with E-state index < -0.39 is 0 Å². The second-order valence-electron chi connectivity index (χ2n) is 9.88. The largest absolute Gasteiger partial charge is 0.497 e. The molecule has 3 nitrogen and oxygen atoms in total. The molecule has 2 fully saturated rings. The normalized spacial score (nSPS) is 32.1. The summed E-state index contributed by atoms with van der Waals surface area (Å²) in [6.45, 7) is 3.53. The molecule has 0 saturated heterocycles. The first-order chi connectivity index (χ1) is 14.6. The van der Waals surface area contributed by atoms with Crippen molar-refractivity contribution in [2.45, 2.75) is 64.0 Å². The molecule has 0 aromatic heterocycles. The average molecular weight is 406 g/mol. The summed E-state index contributed by atoms with van der Waals surface area (Å²) in [4.78, 5) is 0. The van der Waals surface area contributed by atoms with E-state index in [1.165, 1.54) is 49.7 Å². The monoisotopic (exact) mass is 405 g/mol. The topological polar surface area (TPSA) is 30.5 Å². The number of aryl methyl sites for hydroxylation is 1. The van der Waals surface area contributed by atoms with E-state index in [-0.39, 0.29) is 0 Å². The number of hydrogen-bond acceptors (Lipinski definition) is 3. The van der Waals surface area contributed by atoms with Gasteiger partial charge in [-0.1, -0.05) is 25.1 Å². The molecule has 2 saturated carbocycles. The Morgan fingerprint density at radius 3 is 2.47 bits per heavy atom. The minimum Gasteiger partial charge on any atom is -0.497 e. The maximum Gasteiger partial charge on any atom is 0.119 e. The fourth-order valence-corrected chi connectivity index (χ4v) is 7.01. The molecule has 3 heteroatoms. The molecular weight excluding hydrogens is 370 g/mol. The molecule has 3 aliphatic rings. The van der Waals surface area contributed by atoms with E-state index >= 15 is 0 Å². The van der Waals surface area contributed by atoms with Crippen molar-refractivity contribution in [1.82, 2.24) is 5.32 Å². The first-order valence-electron chi connectivity index (χ1n) is 11.7. The molecular formula is C27H35NO2. The quantitative estimate of drug-likeness (QED) is 0.690. The van der Waals surface area contributed by atoms with Gasteiger partial charge in [0.25, 0.3) is 0 Å². The van der Waals surface area contributed by atoms with E-state index in [0.29, 0.717) is 11.5 Å². The molecule has 30 heavy (non-hydrogen) atoms. The summed E-state index contributed by atoms with van der Waals surface area (Å²) in [7, 11) is 3.50. The maximum atomic E-state index is 5.48. The van der Waals surface area contributed by atoms with E-state index in [4.69, 9.17) is 9.47 Å². The van der Waals surface area contributed by atoms with Crippen molar-refractivity contribution in [2.75, 3.05) is 14.2 Å². The van der Waals surface area contributed by atoms with Crippen molar-refractivity contribution in [3.8, 4) is 11.5 Å². The number of ether oxygens (including phenoxy) is 2. The van der Waals surface area contributed by atoms with Crippen molar-refractivity contribution in [2.24, 2.45) is 17.3 Å². The molecule has 0 spiro atoms. The summed E-state index contributed by atoms with van der Waals surface area (Å²) in [5.74, 6) is 4.38. The SMILES string of the molecule is COc1ccc(CN[C@@H]2CCC3C4CCc5cc(OC)ccc5C4CC[C@@]32C)cc1. The number of rotatable bonds is 5. The van der Waals surface area contributed by atoms with Gasteiger partial charge in [0.2, 0.25) is 0 Å². The van der Waals surface area contributed by atoms with Gasteiger partial charge in [0.05, 0.1) is 14.2 Å². The number of hydrogen-bond donors (Lipinski definition) is 1. The first-order valence-corrected chi connectivity index (χ1v) is 11.7. The van der Waals surface area contributed by atoms with E-state index in [0.717, 1.165) is 35.8 Å². The summed E-state index contributed by atoms with van der Waals surface area (Å²) < 4.78 is 10.8. The van der Waals surface area contributed by atoms with Gasteiger partial charge < -0.3 is 14.8 Å². The molecule has 160 valence electrons. The molecule has 0 aliphatic heterocycles. The lowest BCUT2D eigenvalue weighted by Gasteiger charge is -2.51. The molecule has 2 aromatic rings. The Kier molecular flexibility index (Phi) is 5.26. The molecule has 5 atom stereocenters. The van der Waals surface area contributed by atoms with Crippen LogP contribution in [0.4, 0.5) is 0 Å². The van der Waals surface area contributed by atoms with Gasteiger partial charge in [-0.2, -0.15) is 0 Å². The van der Waals surface area contributed by atoms with Gasteiger partial charge >= 0.3 is 0 Å². The predicted molar refractivity (Wildman–Crippen MR) is 121 cm³/mol. The van der Waals surface area contributed by atoms with Gasteiger partial charge in [0.15, 0.2) is 0 Å². The summed E-state index contributed by atoms with van der Waals surface area (Å²) in [6, 6.07) is 15.9. The van der Waals surface area contributed by atoms with Crippen molar-refractivity contribution < 1.29 is 9.47 Å². The van der Waals surface area contributed by atoms with Crippen molar-refractivity contribution in [1.29, 1.82) is 0 Å². The second kappa shape index (κ2) is 7.92. The lowest BCUT2D eigenvalue weighted by molar-refractivity contribution is 0.0408. The molecule has 3 unspecified atom stereocenters. The molecule has 1 N–H and O–H groups in total. The smallest absolute Gasteiger partial charge is 0.119 e. The van der Waals surface area contributed by atoms with Crippen molar-refractivity contribution >= 4 is 0 Å². The Bertz CT molecular complexity index is 892. The second-order valence-corrected chi connectivity index (χ2v) is 9.88. The Labute approximate surface area is 181 Å². The van der Waals surface area contributed by atoms with Crippen LogP contribution in [0.3, 0.4) is 0 Å². The van der Waals surface area contributed by atoms with Crippen LogP contribution in [0.25, 0.3) is 0 Å². The fraction of sp³-hybridized carbons (Fsp3) is 0.556. The minimum atomic E-state index is 0.428. The van der Waals surface area contributed by atoms with Crippen LogP contribution < -0.4 is 14.8 Å². The van der Waals surface area contributed by atoms with Gasteiger partial charge in [-0.15, -0.1) is 0 Å². The zero-order valence-electron chi connectivity index (χ0n) is 18.6. The lowest BCUT2D eigenvalue weighted by atomic mass is 9.55. The molecule has 0 heterocycles. The van der Waals surface area contributed by atoms with Crippen LogP contribution in [0.15, 0.2) is 42.5 Å². The highest BCUT2D eigenvalue weighted by Gasteiger charge is 2.54. The minimum absolute atomic E-state index is 0.428. The van der Waals surface area contributed by atoms with Gasteiger partial charge in [-0.05, 0) is 103 Å². The zero-order valence-corrected chi connectivity index (χ0v) is 18.6. The molecule has 2 aromatic carbocycles. The lowest BCUT2D eigenvalue weighted by Crippen LogP contribution is -2.48. The first kappa shape index (κ1) is 19.9. The Hall–Kier alpha value is -2.00. The highest BCUT2D eigenvalue weighted by Crippen LogP contribution is 2.61. The van der Waals surface area contributed by atoms with Gasteiger partial charge in [0, 0.05) is 12.6 Å². The van der Waals surface area contributed by atoms with Gasteiger partial charge in [0.1, 0.15) is 11.5 Å². The fourth-order valence-electron chi connectivity index (χ4n) is 7.01. The number of benzene rings is 2. The van der Waals surface area contributed by atoms with Crippen LogP contribution in [0.5, 0.6) is 11.5 Å². The van der Waals surface area contributed by atoms with Gasteiger partial charge in [-0.3, -0.25) is 0 Å². The van der Waals surface area contributed by atoms with Crippen LogP contribution in [0.1, 0.15) is 61.6 Å². The Morgan fingerprint density at radius 1 is 0.933 bits per heavy atom. The van der Waals surface area contributed by atoms with Crippen LogP contribution in [0, 0.1) is 17.3 Å².